The number of carbonyl (C=O) groups excluding carboxylic acids is 2. The van der Waals surface area contributed by atoms with Gasteiger partial charge in [0.2, 0.25) is 5.91 Å². The molecular weight excluding hydrogens is 311 g/mol. The molecule has 1 aromatic carbocycles. The number of hydrogen-bond acceptors (Lipinski definition) is 3. The van der Waals surface area contributed by atoms with E-state index < -0.39 is 5.82 Å². The zero-order valence-electron chi connectivity index (χ0n) is 13.9. The first kappa shape index (κ1) is 16.7. The molecule has 2 heterocycles. The third kappa shape index (κ3) is 3.23. The highest BCUT2D eigenvalue weighted by Gasteiger charge is 2.38. The monoisotopic (exact) mass is 334 g/mol. The molecule has 6 heteroatoms. The molecule has 130 valence electrons. The first-order valence-corrected chi connectivity index (χ1v) is 8.42. The largest absolute Gasteiger partial charge is 0.507 e. The number of hydrogen-bond donors (Lipinski definition) is 1. The van der Waals surface area contributed by atoms with E-state index in [1.165, 1.54) is 6.07 Å². The Balaban J connectivity index is 1.67. The van der Waals surface area contributed by atoms with E-state index in [-0.39, 0.29) is 28.5 Å². The molecule has 3 rings (SSSR count). The molecule has 2 saturated heterocycles. The molecule has 0 saturated carbocycles. The van der Waals surface area contributed by atoms with E-state index >= 15 is 0 Å². The molecule has 0 unspecified atom stereocenters. The lowest BCUT2D eigenvalue weighted by molar-refractivity contribution is -0.129. The van der Waals surface area contributed by atoms with Crippen LogP contribution in [0.5, 0.6) is 5.75 Å². The van der Waals surface area contributed by atoms with Gasteiger partial charge < -0.3 is 14.9 Å². The Labute approximate surface area is 141 Å². The standard InChI is InChI=1S/C18H23FN2O3/c1-20-9-6-18(5-4-16(20)23)7-10-21(11-8-18)17(24)14-12-13(19)2-3-15(14)22/h2-3,12,22H,4-11H2,1H3. The second-order valence-electron chi connectivity index (χ2n) is 7.02. The average Bonchev–Trinajstić information content (AvgIpc) is 2.72. The fourth-order valence-corrected chi connectivity index (χ4v) is 3.75. The molecule has 2 aliphatic heterocycles. The summed E-state index contributed by atoms with van der Waals surface area (Å²) in [5.41, 5.74) is 0.128. The van der Waals surface area contributed by atoms with Crippen LogP contribution in [-0.2, 0) is 4.79 Å². The van der Waals surface area contributed by atoms with Crippen molar-refractivity contribution in [3.8, 4) is 5.75 Å². The third-order valence-corrected chi connectivity index (χ3v) is 5.57. The van der Waals surface area contributed by atoms with Crippen LogP contribution in [0.25, 0.3) is 0 Å². The fourth-order valence-electron chi connectivity index (χ4n) is 3.75. The molecule has 1 N–H and O–H groups in total. The van der Waals surface area contributed by atoms with Crippen molar-refractivity contribution < 1.29 is 19.1 Å². The third-order valence-electron chi connectivity index (χ3n) is 5.57. The highest BCUT2D eigenvalue weighted by Crippen LogP contribution is 2.41. The van der Waals surface area contributed by atoms with Gasteiger partial charge in [-0.3, -0.25) is 9.59 Å². The SMILES string of the molecule is CN1CCC2(CCC1=O)CCN(C(=O)c1cc(F)ccc1O)CC2. The van der Waals surface area contributed by atoms with Gasteiger partial charge in [-0.15, -0.1) is 0 Å². The van der Waals surface area contributed by atoms with Crippen molar-refractivity contribution in [2.24, 2.45) is 5.41 Å². The Morgan fingerprint density at radius 2 is 1.83 bits per heavy atom. The molecule has 0 aromatic heterocycles. The van der Waals surface area contributed by atoms with E-state index in [1.54, 1.807) is 9.80 Å². The maximum absolute atomic E-state index is 13.4. The van der Waals surface area contributed by atoms with E-state index in [0.717, 1.165) is 44.4 Å². The highest BCUT2D eigenvalue weighted by atomic mass is 19.1. The topological polar surface area (TPSA) is 60.9 Å². The number of amides is 2. The van der Waals surface area contributed by atoms with Crippen molar-refractivity contribution in [3.63, 3.8) is 0 Å². The summed E-state index contributed by atoms with van der Waals surface area (Å²) in [6.45, 7) is 1.91. The quantitative estimate of drug-likeness (QED) is 0.858. The molecule has 0 bridgehead atoms. The minimum Gasteiger partial charge on any atom is -0.507 e. The maximum Gasteiger partial charge on any atom is 0.257 e. The maximum atomic E-state index is 13.4. The molecule has 2 fully saturated rings. The molecule has 0 radical (unpaired) electrons. The van der Waals surface area contributed by atoms with Gasteiger partial charge in [0.1, 0.15) is 11.6 Å². The van der Waals surface area contributed by atoms with Gasteiger partial charge in [-0.1, -0.05) is 0 Å². The first-order valence-electron chi connectivity index (χ1n) is 8.42. The second kappa shape index (κ2) is 6.42. The zero-order chi connectivity index (χ0) is 17.3. The lowest BCUT2D eigenvalue weighted by atomic mass is 9.73. The predicted molar refractivity (Wildman–Crippen MR) is 87.1 cm³/mol. The van der Waals surface area contributed by atoms with Crippen LogP contribution in [0.1, 0.15) is 42.5 Å². The molecule has 24 heavy (non-hydrogen) atoms. The van der Waals surface area contributed by atoms with Gasteiger partial charge in [-0.2, -0.15) is 0 Å². The van der Waals surface area contributed by atoms with E-state index in [2.05, 4.69) is 0 Å². The van der Waals surface area contributed by atoms with Crippen LogP contribution in [0.15, 0.2) is 18.2 Å². The number of nitrogens with zero attached hydrogens (tertiary/aromatic N) is 2. The summed E-state index contributed by atoms with van der Waals surface area (Å²) >= 11 is 0. The van der Waals surface area contributed by atoms with Gasteiger partial charge in [0.05, 0.1) is 5.56 Å². The smallest absolute Gasteiger partial charge is 0.257 e. The number of piperidine rings is 1. The summed E-state index contributed by atoms with van der Waals surface area (Å²) < 4.78 is 13.4. The summed E-state index contributed by atoms with van der Waals surface area (Å²) in [5, 5.41) is 9.82. The second-order valence-corrected chi connectivity index (χ2v) is 7.02. The van der Waals surface area contributed by atoms with Crippen molar-refractivity contribution >= 4 is 11.8 Å². The van der Waals surface area contributed by atoms with Gasteiger partial charge in [0, 0.05) is 33.1 Å². The first-order chi connectivity index (χ1) is 11.4. The normalized spacial score (nSPS) is 21.0. The number of phenols is 1. The number of phenolic OH excluding ortho intramolecular Hbond substituents is 1. The van der Waals surface area contributed by atoms with Crippen molar-refractivity contribution in [3.05, 3.63) is 29.6 Å². The number of likely N-dealkylation sites (tertiary alicyclic amines) is 2. The molecule has 0 atom stereocenters. The number of benzene rings is 1. The van der Waals surface area contributed by atoms with Crippen molar-refractivity contribution in [1.82, 2.24) is 9.80 Å². The Hall–Kier alpha value is -2.11. The van der Waals surface area contributed by atoms with Gasteiger partial charge in [-0.25, -0.2) is 4.39 Å². The number of carbonyl (C=O) groups is 2. The van der Waals surface area contributed by atoms with Crippen LogP contribution >= 0.6 is 0 Å². The molecule has 1 aromatic rings. The van der Waals surface area contributed by atoms with Gasteiger partial charge >= 0.3 is 0 Å². The van der Waals surface area contributed by atoms with Crippen LogP contribution in [-0.4, -0.2) is 53.4 Å². The minimum absolute atomic E-state index is 0.0155. The Bertz CT molecular complexity index is 654. The summed E-state index contributed by atoms with van der Waals surface area (Å²) in [5.74, 6) is -0.864. The Morgan fingerprint density at radius 1 is 1.17 bits per heavy atom. The predicted octanol–water partition coefficient (Wildman–Crippen LogP) is 2.40. The van der Waals surface area contributed by atoms with Crippen LogP contribution in [0.3, 0.4) is 0 Å². The molecule has 2 amide bonds. The van der Waals surface area contributed by atoms with Crippen molar-refractivity contribution in [1.29, 1.82) is 0 Å². The van der Waals surface area contributed by atoms with Crippen molar-refractivity contribution in [2.75, 3.05) is 26.7 Å². The lowest BCUT2D eigenvalue weighted by Crippen LogP contribution is -2.43. The molecule has 1 spiro atoms. The summed E-state index contributed by atoms with van der Waals surface area (Å²) in [6.07, 6.45) is 4.08. The average molecular weight is 334 g/mol. The summed E-state index contributed by atoms with van der Waals surface area (Å²) in [6, 6.07) is 3.43. The van der Waals surface area contributed by atoms with E-state index in [0.29, 0.717) is 19.5 Å². The Kier molecular flexibility index (Phi) is 4.47. The molecule has 5 nitrogen and oxygen atoms in total. The summed E-state index contributed by atoms with van der Waals surface area (Å²) in [4.78, 5) is 27.9. The van der Waals surface area contributed by atoms with Crippen molar-refractivity contribution in [2.45, 2.75) is 32.1 Å². The lowest BCUT2D eigenvalue weighted by Gasteiger charge is -2.41. The fraction of sp³-hybridized carbons (Fsp3) is 0.556. The molecule has 2 aliphatic rings. The Morgan fingerprint density at radius 3 is 2.54 bits per heavy atom. The van der Waals surface area contributed by atoms with E-state index in [9.17, 15) is 19.1 Å². The van der Waals surface area contributed by atoms with Gasteiger partial charge in [0.15, 0.2) is 0 Å². The number of rotatable bonds is 1. The van der Waals surface area contributed by atoms with Gasteiger partial charge in [0.25, 0.3) is 5.91 Å². The molecular formula is C18H23FN2O3. The minimum atomic E-state index is -0.532. The van der Waals surface area contributed by atoms with Crippen LogP contribution < -0.4 is 0 Å². The van der Waals surface area contributed by atoms with Gasteiger partial charge in [-0.05, 0) is 49.3 Å². The zero-order valence-corrected chi connectivity index (χ0v) is 13.9. The number of halogens is 1. The highest BCUT2D eigenvalue weighted by molar-refractivity contribution is 5.96. The van der Waals surface area contributed by atoms with E-state index in [1.807, 2.05) is 7.05 Å². The van der Waals surface area contributed by atoms with E-state index in [4.69, 9.17) is 0 Å². The van der Waals surface area contributed by atoms with Crippen LogP contribution in [0.4, 0.5) is 4.39 Å². The number of aromatic hydroxyl groups is 1. The summed E-state index contributed by atoms with van der Waals surface area (Å²) in [7, 11) is 1.84. The van der Waals surface area contributed by atoms with Crippen LogP contribution in [0, 0.1) is 11.2 Å². The van der Waals surface area contributed by atoms with Crippen LogP contribution in [0.2, 0.25) is 0 Å². The molecule has 0 aliphatic carbocycles.